The number of unbranched alkanes of at least 4 members (excludes halogenated alkanes) is 13. The molecule has 0 unspecified atom stereocenters. The fraction of sp³-hybridized carbons (Fsp3) is 0.909. The third-order valence-corrected chi connectivity index (χ3v) is 4.40. The lowest BCUT2D eigenvalue weighted by Crippen LogP contribution is -1.95. The molecule has 0 heterocycles. The van der Waals surface area contributed by atoms with Gasteiger partial charge in [0.05, 0.1) is 0 Å². The number of hydrogen-bond acceptors (Lipinski definition) is 1. The smallest absolute Gasteiger partial charge is 0.0466 e. The Kier molecular flexibility index (Phi) is 21.4. The van der Waals surface area contributed by atoms with Gasteiger partial charge in [-0.25, -0.2) is 0 Å². The summed E-state index contributed by atoms with van der Waals surface area (Å²) < 4.78 is 5.50. The van der Waals surface area contributed by atoms with E-state index in [-0.39, 0.29) is 0 Å². The largest absolute Gasteiger partial charge is 0.381 e. The Balaban J connectivity index is 3.02. The number of hydrogen-bond donors (Lipinski definition) is 0. The van der Waals surface area contributed by atoms with Gasteiger partial charge < -0.3 is 4.74 Å². The van der Waals surface area contributed by atoms with Crippen LogP contribution in [-0.2, 0) is 4.74 Å². The van der Waals surface area contributed by atoms with E-state index in [4.69, 9.17) is 4.74 Å². The van der Waals surface area contributed by atoms with Gasteiger partial charge in [0.1, 0.15) is 0 Å². The summed E-state index contributed by atoms with van der Waals surface area (Å²) >= 11 is 0. The molecule has 0 saturated heterocycles. The standard InChI is InChI=1S/C22H44O/c1-3-5-6-7-8-9-10-11-12-13-14-15-16-17-18-19-20-22-23-21-4-2/h11-12H,3-10,13-22H2,1-2H3. The van der Waals surface area contributed by atoms with E-state index in [2.05, 4.69) is 26.0 Å². The third kappa shape index (κ3) is 21.7. The Morgan fingerprint density at radius 3 is 1.48 bits per heavy atom. The van der Waals surface area contributed by atoms with Gasteiger partial charge in [-0.1, -0.05) is 90.2 Å². The SMILES string of the molecule is CCCCCCCCC=CCCCCCCCCCOCCC. The highest BCUT2D eigenvalue weighted by atomic mass is 16.5. The van der Waals surface area contributed by atoms with E-state index in [0.29, 0.717) is 0 Å². The summed E-state index contributed by atoms with van der Waals surface area (Å²) in [4.78, 5) is 0. The maximum absolute atomic E-state index is 5.50. The van der Waals surface area contributed by atoms with Gasteiger partial charge in [-0.15, -0.1) is 0 Å². The van der Waals surface area contributed by atoms with Crippen LogP contribution in [0.4, 0.5) is 0 Å². The molecule has 1 heteroatoms. The van der Waals surface area contributed by atoms with E-state index in [1.54, 1.807) is 0 Å². The highest BCUT2D eigenvalue weighted by Gasteiger charge is 1.92. The van der Waals surface area contributed by atoms with E-state index >= 15 is 0 Å². The molecule has 0 aliphatic carbocycles. The maximum atomic E-state index is 5.50. The second-order valence-electron chi connectivity index (χ2n) is 6.90. The zero-order valence-electron chi connectivity index (χ0n) is 16.3. The van der Waals surface area contributed by atoms with Crippen LogP contribution in [0.1, 0.15) is 117 Å². The van der Waals surface area contributed by atoms with Gasteiger partial charge in [-0.2, -0.15) is 0 Å². The van der Waals surface area contributed by atoms with Gasteiger partial charge in [-0.05, 0) is 38.5 Å². The average Bonchev–Trinajstić information content (AvgIpc) is 2.57. The number of allylic oxidation sites excluding steroid dienone is 2. The Morgan fingerprint density at radius 1 is 0.478 bits per heavy atom. The summed E-state index contributed by atoms with van der Waals surface area (Å²) in [6.07, 6.45) is 26.6. The van der Waals surface area contributed by atoms with Crippen molar-refractivity contribution >= 4 is 0 Å². The first kappa shape index (κ1) is 22.7. The van der Waals surface area contributed by atoms with Crippen molar-refractivity contribution in [3.8, 4) is 0 Å². The molecule has 23 heavy (non-hydrogen) atoms. The zero-order chi connectivity index (χ0) is 16.8. The predicted octanol–water partition coefficient (Wildman–Crippen LogP) is 7.84. The molecule has 0 aliphatic rings. The Bertz CT molecular complexity index is 222. The fourth-order valence-corrected chi connectivity index (χ4v) is 2.87. The highest BCUT2D eigenvalue weighted by Crippen LogP contribution is 2.10. The van der Waals surface area contributed by atoms with Gasteiger partial charge in [0.15, 0.2) is 0 Å². The van der Waals surface area contributed by atoms with E-state index in [1.165, 1.54) is 96.3 Å². The Hall–Kier alpha value is -0.300. The first-order valence-electron chi connectivity index (χ1n) is 10.6. The maximum Gasteiger partial charge on any atom is 0.0466 e. The van der Waals surface area contributed by atoms with Crippen LogP contribution in [0.25, 0.3) is 0 Å². The van der Waals surface area contributed by atoms with Crippen molar-refractivity contribution in [3.05, 3.63) is 12.2 Å². The molecule has 0 rings (SSSR count). The molecular formula is C22H44O. The molecule has 0 aromatic carbocycles. The van der Waals surface area contributed by atoms with Crippen LogP contribution in [0, 0.1) is 0 Å². The van der Waals surface area contributed by atoms with Crippen molar-refractivity contribution < 1.29 is 4.74 Å². The van der Waals surface area contributed by atoms with Crippen LogP contribution < -0.4 is 0 Å². The van der Waals surface area contributed by atoms with Crippen LogP contribution in [0.3, 0.4) is 0 Å². The minimum absolute atomic E-state index is 0.937. The molecule has 0 amide bonds. The van der Waals surface area contributed by atoms with Crippen LogP contribution in [-0.4, -0.2) is 13.2 Å². The van der Waals surface area contributed by atoms with Crippen molar-refractivity contribution in [1.82, 2.24) is 0 Å². The topological polar surface area (TPSA) is 9.23 Å². The van der Waals surface area contributed by atoms with Crippen molar-refractivity contribution in [1.29, 1.82) is 0 Å². The monoisotopic (exact) mass is 324 g/mol. The van der Waals surface area contributed by atoms with Gasteiger partial charge in [0.25, 0.3) is 0 Å². The lowest BCUT2D eigenvalue weighted by Gasteiger charge is -2.03. The Labute approximate surface area is 147 Å². The molecule has 0 fully saturated rings. The summed E-state index contributed by atoms with van der Waals surface area (Å²) in [5.74, 6) is 0. The van der Waals surface area contributed by atoms with Crippen molar-refractivity contribution in [3.63, 3.8) is 0 Å². The second kappa shape index (κ2) is 21.7. The zero-order valence-corrected chi connectivity index (χ0v) is 16.3. The fourth-order valence-electron chi connectivity index (χ4n) is 2.87. The average molecular weight is 325 g/mol. The van der Waals surface area contributed by atoms with E-state index in [1.807, 2.05) is 0 Å². The van der Waals surface area contributed by atoms with Gasteiger partial charge in [0.2, 0.25) is 0 Å². The normalized spacial score (nSPS) is 11.6. The minimum Gasteiger partial charge on any atom is -0.381 e. The number of rotatable bonds is 19. The molecule has 0 aliphatic heterocycles. The number of ether oxygens (including phenoxy) is 1. The van der Waals surface area contributed by atoms with E-state index in [9.17, 15) is 0 Å². The third-order valence-electron chi connectivity index (χ3n) is 4.40. The Morgan fingerprint density at radius 2 is 0.957 bits per heavy atom. The molecule has 0 atom stereocenters. The lowest BCUT2D eigenvalue weighted by atomic mass is 10.1. The molecule has 1 nitrogen and oxygen atoms in total. The van der Waals surface area contributed by atoms with Gasteiger partial charge in [-0.3, -0.25) is 0 Å². The molecule has 0 saturated carbocycles. The molecular weight excluding hydrogens is 280 g/mol. The molecule has 0 spiro atoms. The minimum atomic E-state index is 0.937. The molecule has 0 bridgehead atoms. The summed E-state index contributed by atoms with van der Waals surface area (Å²) in [5.41, 5.74) is 0. The molecule has 0 radical (unpaired) electrons. The summed E-state index contributed by atoms with van der Waals surface area (Å²) in [5, 5.41) is 0. The highest BCUT2D eigenvalue weighted by molar-refractivity contribution is 4.81. The van der Waals surface area contributed by atoms with Crippen molar-refractivity contribution in [2.75, 3.05) is 13.2 Å². The van der Waals surface area contributed by atoms with Crippen LogP contribution in [0.2, 0.25) is 0 Å². The predicted molar refractivity (Wildman–Crippen MR) is 105 cm³/mol. The molecule has 0 aromatic heterocycles. The van der Waals surface area contributed by atoms with E-state index in [0.717, 1.165) is 19.6 Å². The van der Waals surface area contributed by atoms with Crippen LogP contribution >= 0.6 is 0 Å². The van der Waals surface area contributed by atoms with Gasteiger partial charge in [0, 0.05) is 13.2 Å². The molecule has 138 valence electrons. The van der Waals surface area contributed by atoms with Crippen molar-refractivity contribution in [2.24, 2.45) is 0 Å². The lowest BCUT2D eigenvalue weighted by molar-refractivity contribution is 0.130. The first-order chi connectivity index (χ1) is 11.4. The molecule has 0 aromatic rings. The van der Waals surface area contributed by atoms with Crippen molar-refractivity contribution in [2.45, 2.75) is 117 Å². The van der Waals surface area contributed by atoms with Crippen LogP contribution in [0.5, 0.6) is 0 Å². The van der Waals surface area contributed by atoms with E-state index < -0.39 is 0 Å². The summed E-state index contributed by atoms with van der Waals surface area (Å²) in [6, 6.07) is 0. The quantitative estimate of drug-likeness (QED) is 0.174. The second-order valence-corrected chi connectivity index (χ2v) is 6.90. The van der Waals surface area contributed by atoms with Crippen LogP contribution in [0.15, 0.2) is 12.2 Å². The van der Waals surface area contributed by atoms with Gasteiger partial charge >= 0.3 is 0 Å². The summed E-state index contributed by atoms with van der Waals surface area (Å²) in [6.45, 7) is 6.36. The summed E-state index contributed by atoms with van der Waals surface area (Å²) in [7, 11) is 0. The first-order valence-corrected chi connectivity index (χ1v) is 10.6. The molecule has 0 N–H and O–H groups in total.